The van der Waals surface area contributed by atoms with Gasteiger partial charge in [-0.1, -0.05) is 35.9 Å². The molecule has 0 bridgehead atoms. The smallest absolute Gasteiger partial charge is 0.338 e. The van der Waals surface area contributed by atoms with E-state index in [1.165, 1.54) is 3.97 Å². The molecule has 0 radical (unpaired) electrons. The average molecular weight is 420 g/mol. The van der Waals surface area contributed by atoms with E-state index in [0.717, 1.165) is 22.1 Å². The summed E-state index contributed by atoms with van der Waals surface area (Å²) >= 11 is 0. The van der Waals surface area contributed by atoms with Crippen molar-refractivity contribution in [2.24, 2.45) is 0 Å². The van der Waals surface area contributed by atoms with Gasteiger partial charge < -0.3 is 4.74 Å². The number of fused-ring (bicyclic) bond motifs is 1. The molecule has 1 heterocycles. The second-order valence-electron chi connectivity index (χ2n) is 7.00. The van der Waals surface area contributed by atoms with Crippen molar-refractivity contribution in [1.82, 2.24) is 3.97 Å². The molecule has 0 fully saturated rings. The molecule has 30 heavy (non-hydrogen) atoms. The van der Waals surface area contributed by atoms with E-state index >= 15 is 0 Å². The highest BCUT2D eigenvalue weighted by Crippen LogP contribution is 2.28. The van der Waals surface area contributed by atoms with E-state index in [9.17, 15) is 13.2 Å². The number of benzene rings is 3. The fraction of sp³-hybridized carbons (Fsp3) is 0.125. The summed E-state index contributed by atoms with van der Waals surface area (Å²) in [6, 6.07) is 21.3. The molecule has 3 aromatic carbocycles. The van der Waals surface area contributed by atoms with Crippen molar-refractivity contribution < 1.29 is 17.9 Å². The summed E-state index contributed by atoms with van der Waals surface area (Å²) in [4.78, 5) is 12.3. The average Bonchev–Trinajstić information content (AvgIpc) is 3.18. The Labute approximate surface area is 175 Å². The van der Waals surface area contributed by atoms with E-state index in [0.29, 0.717) is 17.7 Å². The maximum absolute atomic E-state index is 13.1. The van der Waals surface area contributed by atoms with Gasteiger partial charge in [-0.25, -0.2) is 17.2 Å². The maximum atomic E-state index is 13.1. The molecule has 0 amide bonds. The quantitative estimate of drug-likeness (QED) is 0.426. The number of aryl methyl sites for hydroxylation is 1. The van der Waals surface area contributed by atoms with Gasteiger partial charge in [0, 0.05) is 11.6 Å². The monoisotopic (exact) mass is 419 g/mol. The molecule has 0 saturated carbocycles. The second-order valence-corrected chi connectivity index (χ2v) is 8.82. The standard InChI is InChI=1S/C24H21NO4S/c1-3-29-24(26)21-6-4-5-18(16-21)19-9-12-23-20(15-19)13-14-25(23)30(27,28)22-10-7-17(2)8-11-22/h4-16H,3H2,1-2H3. The van der Waals surface area contributed by atoms with Gasteiger partial charge in [-0.05, 0) is 67.4 Å². The van der Waals surface area contributed by atoms with Gasteiger partial charge in [0.05, 0.1) is 22.6 Å². The lowest BCUT2D eigenvalue weighted by atomic mass is 10.0. The van der Waals surface area contributed by atoms with Crippen LogP contribution in [-0.4, -0.2) is 25.0 Å². The fourth-order valence-electron chi connectivity index (χ4n) is 3.37. The third kappa shape index (κ3) is 3.62. The van der Waals surface area contributed by atoms with Crippen molar-refractivity contribution in [2.75, 3.05) is 6.61 Å². The predicted molar refractivity (Wildman–Crippen MR) is 117 cm³/mol. The number of carbonyl (C=O) groups is 1. The Hall–Kier alpha value is -3.38. The van der Waals surface area contributed by atoms with Crippen LogP contribution in [0.5, 0.6) is 0 Å². The van der Waals surface area contributed by atoms with Crippen LogP contribution in [0.25, 0.3) is 22.0 Å². The minimum Gasteiger partial charge on any atom is -0.462 e. The number of nitrogens with zero attached hydrogens (tertiary/aromatic N) is 1. The first-order valence-electron chi connectivity index (χ1n) is 9.61. The molecule has 0 saturated heterocycles. The van der Waals surface area contributed by atoms with Crippen molar-refractivity contribution >= 4 is 26.9 Å². The van der Waals surface area contributed by atoms with E-state index in [1.54, 1.807) is 67.7 Å². The van der Waals surface area contributed by atoms with Crippen LogP contribution in [0.4, 0.5) is 0 Å². The van der Waals surface area contributed by atoms with Gasteiger partial charge in [-0.2, -0.15) is 0 Å². The van der Waals surface area contributed by atoms with E-state index in [1.807, 2.05) is 25.1 Å². The number of aromatic nitrogens is 1. The Bertz CT molecular complexity index is 1340. The Morgan fingerprint density at radius 3 is 2.40 bits per heavy atom. The molecular weight excluding hydrogens is 398 g/mol. The summed E-state index contributed by atoms with van der Waals surface area (Å²) in [6.07, 6.45) is 1.57. The molecule has 0 N–H and O–H groups in total. The van der Waals surface area contributed by atoms with Gasteiger partial charge in [0.25, 0.3) is 10.0 Å². The molecule has 0 unspecified atom stereocenters. The lowest BCUT2D eigenvalue weighted by Gasteiger charge is -2.09. The van der Waals surface area contributed by atoms with E-state index in [-0.39, 0.29) is 10.9 Å². The number of rotatable bonds is 5. The van der Waals surface area contributed by atoms with Crippen molar-refractivity contribution in [3.63, 3.8) is 0 Å². The zero-order valence-corrected chi connectivity index (χ0v) is 17.5. The first kappa shape index (κ1) is 19.9. The SMILES string of the molecule is CCOC(=O)c1cccc(-c2ccc3c(ccn3S(=O)(=O)c3ccc(C)cc3)c2)c1. The highest BCUT2D eigenvalue weighted by Gasteiger charge is 2.19. The summed E-state index contributed by atoms with van der Waals surface area (Å²) in [5.41, 5.74) is 3.83. The second kappa shape index (κ2) is 7.80. The molecule has 4 rings (SSSR count). The van der Waals surface area contributed by atoms with Crippen LogP contribution in [-0.2, 0) is 14.8 Å². The van der Waals surface area contributed by atoms with Gasteiger partial charge in [-0.15, -0.1) is 0 Å². The molecule has 0 aliphatic rings. The van der Waals surface area contributed by atoms with Gasteiger partial charge in [0.1, 0.15) is 0 Å². The highest BCUT2D eigenvalue weighted by atomic mass is 32.2. The molecule has 152 valence electrons. The minimum absolute atomic E-state index is 0.247. The third-order valence-electron chi connectivity index (χ3n) is 4.94. The van der Waals surface area contributed by atoms with Crippen molar-refractivity contribution in [1.29, 1.82) is 0 Å². The van der Waals surface area contributed by atoms with Crippen LogP contribution in [0.1, 0.15) is 22.8 Å². The molecular formula is C24H21NO4S. The topological polar surface area (TPSA) is 65.4 Å². The Kier molecular flexibility index (Phi) is 5.18. The molecule has 0 atom stereocenters. The summed E-state index contributed by atoms with van der Waals surface area (Å²) in [7, 11) is -3.69. The van der Waals surface area contributed by atoms with Crippen molar-refractivity contribution in [3.8, 4) is 11.1 Å². The lowest BCUT2D eigenvalue weighted by Crippen LogP contribution is -2.11. The summed E-state index contributed by atoms with van der Waals surface area (Å²) in [5.74, 6) is -0.365. The number of hydrogen-bond acceptors (Lipinski definition) is 4. The molecule has 6 heteroatoms. The molecule has 0 aliphatic heterocycles. The molecule has 5 nitrogen and oxygen atoms in total. The normalized spacial score (nSPS) is 11.5. The fourth-order valence-corrected chi connectivity index (χ4v) is 4.72. The van der Waals surface area contributed by atoms with Crippen LogP contribution in [0.2, 0.25) is 0 Å². The number of carbonyl (C=O) groups excluding carboxylic acids is 1. The number of hydrogen-bond donors (Lipinski definition) is 0. The summed E-state index contributed by atoms with van der Waals surface area (Å²) in [6.45, 7) is 4.00. The van der Waals surface area contributed by atoms with Gasteiger partial charge in [-0.3, -0.25) is 0 Å². The maximum Gasteiger partial charge on any atom is 0.338 e. The van der Waals surface area contributed by atoms with E-state index in [2.05, 4.69) is 0 Å². The van der Waals surface area contributed by atoms with Gasteiger partial charge in [0.2, 0.25) is 0 Å². The van der Waals surface area contributed by atoms with Crippen molar-refractivity contribution in [2.45, 2.75) is 18.7 Å². The van der Waals surface area contributed by atoms with E-state index < -0.39 is 10.0 Å². The van der Waals surface area contributed by atoms with Crippen LogP contribution in [0.3, 0.4) is 0 Å². The van der Waals surface area contributed by atoms with Gasteiger partial charge in [0.15, 0.2) is 0 Å². The van der Waals surface area contributed by atoms with Crippen molar-refractivity contribution in [3.05, 3.63) is 90.1 Å². The summed E-state index contributed by atoms with van der Waals surface area (Å²) < 4.78 is 32.5. The van der Waals surface area contributed by atoms with Crippen LogP contribution in [0, 0.1) is 6.92 Å². The van der Waals surface area contributed by atoms with E-state index in [4.69, 9.17) is 4.74 Å². The zero-order chi connectivity index (χ0) is 21.3. The first-order chi connectivity index (χ1) is 14.4. The van der Waals surface area contributed by atoms with Crippen LogP contribution in [0.15, 0.2) is 83.9 Å². The van der Waals surface area contributed by atoms with Crippen LogP contribution >= 0.6 is 0 Å². The Morgan fingerprint density at radius 1 is 0.933 bits per heavy atom. The number of ether oxygens (including phenoxy) is 1. The largest absolute Gasteiger partial charge is 0.462 e. The zero-order valence-electron chi connectivity index (χ0n) is 16.7. The summed E-state index contributed by atoms with van der Waals surface area (Å²) in [5, 5.41) is 0.796. The lowest BCUT2D eigenvalue weighted by molar-refractivity contribution is 0.0526. The molecule has 1 aromatic heterocycles. The number of esters is 1. The Balaban J connectivity index is 1.74. The molecule has 0 aliphatic carbocycles. The van der Waals surface area contributed by atoms with Crippen LogP contribution < -0.4 is 0 Å². The predicted octanol–water partition coefficient (Wildman–Crippen LogP) is 5.03. The minimum atomic E-state index is -3.69. The molecule has 0 spiro atoms. The third-order valence-corrected chi connectivity index (χ3v) is 6.64. The first-order valence-corrected chi connectivity index (χ1v) is 11.0. The Morgan fingerprint density at radius 2 is 1.67 bits per heavy atom. The highest BCUT2D eigenvalue weighted by molar-refractivity contribution is 7.90. The molecule has 4 aromatic rings. The van der Waals surface area contributed by atoms with Gasteiger partial charge >= 0.3 is 5.97 Å².